The van der Waals surface area contributed by atoms with Crippen LogP contribution in [-0.4, -0.2) is 33.1 Å². The maximum Gasteiger partial charge on any atom is 0.150 e. The largest absolute Gasteiger partial charge is 0.382 e. The van der Waals surface area contributed by atoms with Crippen molar-refractivity contribution < 1.29 is 13.2 Å². The molecule has 0 bridgehead atoms. The quantitative estimate of drug-likeness (QED) is 0.907. The number of ether oxygens (including phenoxy) is 1. The van der Waals surface area contributed by atoms with Gasteiger partial charge in [0, 0.05) is 25.1 Å². The normalized spacial score (nSPS) is 23.5. The van der Waals surface area contributed by atoms with Crippen molar-refractivity contribution in [1.82, 2.24) is 0 Å². The van der Waals surface area contributed by atoms with Crippen LogP contribution in [-0.2, 0) is 21.2 Å². The maximum atomic E-state index is 11.7. The van der Waals surface area contributed by atoms with Crippen LogP contribution in [0.15, 0.2) is 24.3 Å². The fourth-order valence-corrected chi connectivity index (χ4v) is 3.99. The first-order valence-corrected chi connectivity index (χ1v) is 8.98. The smallest absolute Gasteiger partial charge is 0.150 e. The minimum Gasteiger partial charge on any atom is -0.382 e. The van der Waals surface area contributed by atoms with E-state index >= 15 is 0 Å². The number of nitrogens with one attached hydrogen (secondary N) is 1. The molecule has 4 nitrogen and oxygen atoms in total. The average molecular weight is 297 g/mol. The molecule has 1 aliphatic rings. The number of hydrogen-bond donors (Lipinski definition) is 1. The van der Waals surface area contributed by atoms with Gasteiger partial charge in [-0.25, -0.2) is 8.42 Å². The van der Waals surface area contributed by atoms with Gasteiger partial charge in [0.1, 0.15) is 9.84 Å². The fourth-order valence-electron chi connectivity index (χ4n) is 2.82. The molecule has 2 atom stereocenters. The summed E-state index contributed by atoms with van der Waals surface area (Å²) >= 11 is 0. The van der Waals surface area contributed by atoms with Gasteiger partial charge >= 0.3 is 0 Å². The summed E-state index contributed by atoms with van der Waals surface area (Å²) < 4.78 is 28.5. The number of methoxy groups -OCH3 is 1. The second-order valence-corrected chi connectivity index (χ2v) is 7.92. The van der Waals surface area contributed by atoms with Crippen LogP contribution >= 0.6 is 0 Å². The Morgan fingerprint density at radius 1 is 1.35 bits per heavy atom. The van der Waals surface area contributed by atoms with Gasteiger partial charge in [0.15, 0.2) is 0 Å². The van der Waals surface area contributed by atoms with Crippen LogP contribution in [0.2, 0.25) is 0 Å². The summed E-state index contributed by atoms with van der Waals surface area (Å²) in [6.45, 7) is 0.589. The van der Waals surface area contributed by atoms with Gasteiger partial charge < -0.3 is 10.1 Å². The minimum atomic E-state index is -2.93. The Bertz CT molecular complexity index is 542. The van der Waals surface area contributed by atoms with E-state index in [1.165, 1.54) is 6.26 Å². The van der Waals surface area contributed by atoms with E-state index in [2.05, 4.69) is 11.4 Å². The molecule has 0 radical (unpaired) electrons. The molecule has 1 aromatic rings. The van der Waals surface area contributed by atoms with Crippen molar-refractivity contribution in [2.45, 2.75) is 43.6 Å². The molecular formula is C15H23NO3S. The molecule has 2 unspecified atom stereocenters. The molecule has 0 heterocycles. The van der Waals surface area contributed by atoms with Crippen molar-refractivity contribution >= 4 is 15.5 Å². The molecule has 1 saturated carbocycles. The molecule has 5 heteroatoms. The maximum absolute atomic E-state index is 11.7. The monoisotopic (exact) mass is 297 g/mol. The van der Waals surface area contributed by atoms with E-state index in [-0.39, 0.29) is 11.3 Å². The molecule has 0 spiro atoms. The Balaban J connectivity index is 2.00. The van der Waals surface area contributed by atoms with E-state index in [1.807, 2.05) is 18.2 Å². The molecule has 0 amide bonds. The lowest BCUT2D eigenvalue weighted by molar-refractivity contribution is 0.185. The van der Waals surface area contributed by atoms with Gasteiger partial charge in [0.2, 0.25) is 0 Å². The van der Waals surface area contributed by atoms with Gasteiger partial charge in [0.25, 0.3) is 0 Å². The molecule has 0 aliphatic heterocycles. The zero-order valence-corrected chi connectivity index (χ0v) is 12.9. The third kappa shape index (κ3) is 4.21. The number of anilines is 1. The van der Waals surface area contributed by atoms with E-state index in [4.69, 9.17) is 4.74 Å². The van der Waals surface area contributed by atoms with E-state index in [0.29, 0.717) is 13.0 Å². The topological polar surface area (TPSA) is 55.4 Å². The molecule has 1 fully saturated rings. The Morgan fingerprint density at radius 2 is 2.15 bits per heavy atom. The molecule has 1 aromatic carbocycles. The zero-order valence-electron chi connectivity index (χ0n) is 12.1. The van der Waals surface area contributed by atoms with Gasteiger partial charge in [-0.3, -0.25) is 0 Å². The van der Waals surface area contributed by atoms with Crippen molar-refractivity contribution in [3.63, 3.8) is 0 Å². The zero-order chi connectivity index (χ0) is 14.6. The fraction of sp³-hybridized carbons (Fsp3) is 0.600. The highest BCUT2D eigenvalue weighted by atomic mass is 32.2. The molecule has 1 aliphatic carbocycles. The summed E-state index contributed by atoms with van der Waals surface area (Å²) in [5, 5.41) is 3.26. The summed E-state index contributed by atoms with van der Waals surface area (Å²) in [7, 11) is -1.25. The molecule has 1 N–H and O–H groups in total. The van der Waals surface area contributed by atoms with Crippen LogP contribution in [0, 0.1) is 0 Å². The summed E-state index contributed by atoms with van der Waals surface area (Å²) in [5.41, 5.74) is 2.16. The van der Waals surface area contributed by atoms with Gasteiger partial charge in [-0.2, -0.15) is 0 Å². The van der Waals surface area contributed by atoms with Crippen LogP contribution in [0.1, 0.15) is 31.2 Å². The van der Waals surface area contributed by atoms with Gasteiger partial charge in [-0.05, 0) is 37.0 Å². The van der Waals surface area contributed by atoms with Crippen molar-refractivity contribution in [3.8, 4) is 0 Å². The first kappa shape index (κ1) is 15.3. The molecule has 0 aromatic heterocycles. The van der Waals surface area contributed by atoms with Crippen LogP contribution < -0.4 is 5.32 Å². The third-order valence-corrected chi connectivity index (χ3v) is 5.48. The van der Waals surface area contributed by atoms with Crippen molar-refractivity contribution in [3.05, 3.63) is 29.8 Å². The van der Waals surface area contributed by atoms with Crippen molar-refractivity contribution in [2.75, 3.05) is 18.7 Å². The van der Waals surface area contributed by atoms with Gasteiger partial charge in [-0.15, -0.1) is 0 Å². The molecule has 112 valence electrons. The highest BCUT2D eigenvalue weighted by Crippen LogP contribution is 2.26. The third-order valence-electron chi connectivity index (χ3n) is 3.84. The molecular weight excluding hydrogens is 274 g/mol. The number of benzene rings is 1. The Labute approximate surface area is 121 Å². The van der Waals surface area contributed by atoms with Crippen LogP contribution in [0.4, 0.5) is 5.69 Å². The van der Waals surface area contributed by atoms with E-state index < -0.39 is 9.84 Å². The van der Waals surface area contributed by atoms with E-state index in [1.54, 1.807) is 7.11 Å². The summed E-state index contributed by atoms with van der Waals surface area (Å²) in [6, 6.07) is 8.33. The minimum absolute atomic E-state index is 0.198. The van der Waals surface area contributed by atoms with Gasteiger partial charge in [-0.1, -0.05) is 18.6 Å². The Kier molecular flexibility index (Phi) is 5.05. The lowest BCUT2D eigenvalue weighted by atomic mass is 9.94. The SMILES string of the molecule is COCc1cccc(NC2CCCC(S(C)(=O)=O)C2)c1. The van der Waals surface area contributed by atoms with E-state index in [0.717, 1.165) is 30.5 Å². The van der Waals surface area contributed by atoms with Crippen LogP contribution in [0.25, 0.3) is 0 Å². The second-order valence-electron chi connectivity index (χ2n) is 5.59. The summed E-state index contributed by atoms with van der Waals surface area (Å²) in [5.74, 6) is 0. The second kappa shape index (κ2) is 6.59. The highest BCUT2D eigenvalue weighted by Gasteiger charge is 2.28. The standard InChI is InChI=1S/C15H23NO3S/c1-19-11-12-5-3-6-13(9-12)16-14-7-4-8-15(10-14)20(2,17)18/h3,5-6,9,14-16H,4,7-8,10-11H2,1-2H3. The lowest BCUT2D eigenvalue weighted by Gasteiger charge is -2.29. The van der Waals surface area contributed by atoms with Crippen LogP contribution in [0.5, 0.6) is 0 Å². The van der Waals surface area contributed by atoms with E-state index in [9.17, 15) is 8.42 Å². The Hall–Kier alpha value is -1.07. The molecule has 2 rings (SSSR count). The molecule has 0 saturated heterocycles. The summed E-state index contributed by atoms with van der Waals surface area (Å²) in [6.07, 6.45) is 4.83. The van der Waals surface area contributed by atoms with Crippen LogP contribution in [0.3, 0.4) is 0 Å². The summed E-state index contributed by atoms with van der Waals surface area (Å²) in [4.78, 5) is 0. The number of sulfone groups is 1. The van der Waals surface area contributed by atoms with Gasteiger partial charge in [0.05, 0.1) is 11.9 Å². The first-order valence-electron chi connectivity index (χ1n) is 7.02. The first-order chi connectivity index (χ1) is 9.49. The highest BCUT2D eigenvalue weighted by molar-refractivity contribution is 7.91. The number of hydrogen-bond acceptors (Lipinski definition) is 4. The molecule has 20 heavy (non-hydrogen) atoms. The Morgan fingerprint density at radius 3 is 2.85 bits per heavy atom. The average Bonchev–Trinajstić information content (AvgIpc) is 2.39. The predicted octanol–water partition coefficient (Wildman–Crippen LogP) is 2.60. The predicted molar refractivity (Wildman–Crippen MR) is 81.7 cm³/mol. The van der Waals surface area contributed by atoms with Crippen molar-refractivity contribution in [2.24, 2.45) is 0 Å². The van der Waals surface area contributed by atoms with Crippen molar-refractivity contribution in [1.29, 1.82) is 0 Å². The lowest BCUT2D eigenvalue weighted by Crippen LogP contribution is -2.34. The number of rotatable bonds is 5.